The van der Waals surface area contributed by atoms with Crippen molar-refractivity contribution < 1.29 is 0 Å². The number of benzene rings is 1. The average molecular weight is 391 g/mol. The summed E-state index contributed by atoms with van der Waals surface area (Å²) in [6, 6.07) is 8.13. The first kappa shape index (κ1) is 16.6. The molecule has 0 radical (unpaired) electrons. The Labute approximate surface area is 163 Å². The molecule has 0 fully saturated rings. The summed E-state index contributed by atoms with van der Waals surface area (Å²) in [4.78, 5) is 8.71. The Balaban J connectivity index is 1.38. The third kappa shape index (κ3) is 3.03. The molecule has 0 aliphatic rings. The van der Waals surface area contributed by atoms with Gasteiger partial charge in [0.15, 0.2) is 10.8 Å². The molecule has 0 spiro atoms. The molecule has 0 aliphatic carbocycles. The minimum Gasteiger partial charge on any atom is -0.384 e. The standard InChI is InChI=1S/C18H17N9S/c1-20-18-22-13-3-2-10(5-14(13)28-18)8-27-9-11(7-21-27)4-12-6-15(19)23-17-16(12)24-26-25-17/h2-3,5-7,9H,4,8H2,1H3,(H,20,22)(H3,19,23,24,25,26). The number of nitrogen functional groups attached to an aromatic ring is 1. The molecule has 1 aromatic carbocycles. The van der Waals surface area contributed by atoms with Crippen LogP contribution in [0.1, 0.15) is 16.7 Å². The molecule has 4 aromatic heterocycles. The lowest BCUT2D eigenvalue weighted by atomic mass is 10.1. The third-order valence-corrected chi connectivity index (χ3v) is 5.53. The van der Waals surface area contributed by atoms with Gasteiger partial charge in [0.2, 0.25) is 0 Å². The molecule has 0 bridgehead atoms. The molecule has 0 amide bonds. The lowest BCUT2D eigenvalue weighted by Crippen LogP contribution is -1.99. The maximum atomic E-state index is 5.89. The fourth-order valence-corrected chi connectivity index (χ4v) is 4.11. The highest BCUT2D eigenvalue weighted by Gasteiger charge is 2.10. The lowest BCUT2D eigenvalue weighted by Gasteiger charge is -2.02. The van der Waals surface area contributed by atoms with Crippen LogP contribution in [0.2, 0.25) is 0 Å². The lowest BCUT2D eigenvalue weighted by molar-refractivity contribution is 0.687. The Morgan fingerprint density at radius 1 is 1.21 bits per heavy atom. The number of nitrogens with two attached hydrogens (primary N) is 1. The van der Waals surface area contributed by atoms with E-state index in [4.69, 9.17) is 5.73 Å². The van der Waals surface area contributed by atoms with Gasteiger partial charge in [-0.05, 0) is 34.9 Å². The number of aromatic amines is 1. The quantitative estimate of drug-likeness (QED) is 0.420. The average Bonchev–Trinajstić information content (AvgIpc) is 3.40. The number of fused-ring (bicyclic) bond motifs is 2. The van der Waals surface area contributed by atoms with Crippen molar-refractivity contribution in [3.8, 4) is 0 Å². The first-order valence-corrected chi connectivity index (χ1v) is 9.54. The maximum Gasteiger partial charge on any atom is 0.183 e. The molecule has 9 nitrogen and oxygen atoms in total. The predicted molar refractivity (Wildman–Crippen MR) is 109 cm³/mol. The van der Waals surface area contributed by atoms with Gasteiger partial charge in [0, 0.05) is 19.7 Å². The summed E-state index contributed by atoms with van der Waals surface area (Å²) in [5.41, 5.74) is 11.5. The highest BCUT2D eigenvalue weighted by molar-refractivity contribution is 7.22. The zero-order valence-corrected chi connectivity index (χ0v) is 15.9. The van der Waals surface area contributed by atoms with Gasteiger partial charge in [-0.3, -0.25) is 4.68 Å². The summed E-state index contributed by atoms with van der Waals surface area (Å²) >= 11 is 1.65. The van der Waals surface area contributed by atoms with Crippen molar-refractivity contribution in [1.29, 1.82) is 0 Å². The zero-order valence-electron chi connectivity index (χ0n) is 15.0. The second-order valence-electron chi connectivity index (χ2n) is 6.51. The van der Waals surface area contributed by atoms with Gasteiger partial charge < -0.3 is 11.1 Å². The smallest absolute Gasteiger partial charge is 0.183 e. The largest absolute Gasteiger partial charge is 0.384 e. The molecule has 10 heteroatoms. The van der Waals surface area contributed by atoms with E-state index < -0.39 is 0 Å². The number of hydrogen-bond acceptors (Lipinski definition) is 8. The summed E-state index contributed by atoms with van der Waals surface area (Å²) < 4.78 is 3.09. The van der Waals surface area contributed by atoms with Gasteiger partial charge in [0.25, 0.3) is 0 Å². The van der Waals surface area contributed by atoms with Crippen molar-refractivity contribution in [3.63, 3.8) is 0 Å². The van der Waals surface area contributed by atoms with Crippen LogP contribution in [0, 0.1) is 0 Å². The topological polar surface area (TPSA) is 123 Å². The van der Waals surface area contributed by atoms with E-state index in [-0.39, 0.29) is 0 Å². The maximum absolute atomic E-state index is 5.89. The molecule has 0 saturated heterocycles. The number of thiazole rings is 1. The van der Waals surface area contributed by atoms with E-state index in [0.29, 0.717) is 24.4 Å². The van der Waals surface area contributed by atoms with Gasteiger partial charge in [-0.1, -0.05) is 22.6 Å². The second kappa shape index (κ2) is 6.57. The van der Waals surface area contributed by atoms with Gasteiger partial charge in [0.1, 0.15) is 11.3 Å². The van der Waals surface area contributed by atoms with E-state index in [9.17, 15) is 0 Å². The van der Waals surface area contributed by atoms with Crippen molar-refractivity contribution >= 4 is 43.7 Å². The van der Waals surface area contributed by atoms with E-state index in [0.717, 1.165) is 32.0 Å². The number of pyridine rings is 1. The molecule has 0 atom stereocenters. The number of aromatic nitrogens is 7. The molecule has 5 aromatic rings. The molecule has 4 heterocycles. The summed E-state index contributed by atoms with van der Waals surface area (Å²) in [6.07, 6.45) is 4.57. The number of H-pyrrole nitrogens is 1. The van der Waals surface area contributed by atoms with Crippen LogP contribution in [0.15, 0.2) is 36.7 Å². The van der Waals surface area contributed by atoms with Crippen LogP contribution in [0.4, 0.5) is 10.9 Å². The van der Waals surface area contributed by atoms with Gasteiger partial charge >= 0.3 is 0 Å². The van der Waals surface area contributed by atoms with E-state index in [2.05, 4.69) is 47.9 Å². The number of rotatable bonds is 5. The number of hydrogen-bond donors (Lipinski definition) is 3. The normalized spacial score (nSPS) is 11.5. The predicted octanol–water partition coefficient (Wildman–Crippen LogP) is 2.42. The zero-order chi connectivity index (χ0) is 19.1. The molecule has 28 heavy (non-hydrogen) atoms. The van der Waals surface area contributed by atoms with Gasteiger partial charge in [-0.25, -0.2) is 15.1 Å². The Kier molecular flexibility index (Phi) is 3.90. The summed E-state index contributed by atoms with van der Waals surface area (Å²) in [7, 11) is 1.88. The third-order valence-electron chi connectivity index (χ3n) is 4.49. The van der Waals surface area contributed by atoms with Crippen molar-refractivity contribution in [2.75, 3.05) is 18.1 Å². The molecule has 140 valence electrons. The fourth-order valence-electron chi connectivity index (χ4n) is 3.23. The molecule has 0 saturated carbocycles. The van der Waals surface area contributed by atoms with Crippen LogP contribution in [0.5, 0.6) is 0 Å². The molecule has 5 rings (SSSR count). The van der Waals surface area contributed by atoms with Crippen molar-refractivity contribution in [3.05, 3.63) is 53.3 Å². The summed E-state index contributed by atoms with van der Waals surface area (Å²) in [6.45, 7) is 0.695. The number of nitrogens with one attached hydrogen (secondary N) is 2. The number of anilines is 2. The minimum atomic E-state index is 0.444. The van der Waals surface area contributed by atoms with E-state index >= 15 is 0 Å². The van der Waals surface area contributed by atoms with Crippen LogP contribution in [-0.2, 0) is 13.0 Å². The fraction of sp³-hybridized carbons (Fsp3) is 0.167. The highest BCUT2D eigenvalue weighted by Crippen LogP contribution is 2.26. The Hall–Kier alpha value is -3.53. The van der Waals surface area contributed by atoms with Crippen LogP contribution >= 0.6 is 11.3 Å². The molecule has 0 aliphatic heterocycles. The summed E-state index contributed by atoms with van der Waals surface area (Å²) in [5, 5.41) is 19.2. The molecule has 0 unspecified atom stereocenters. The highest BCUT2D eigenvalue weighted by atomic mass is 32.1. The Morgan fingerprint density at radius 3 is 3.04 bits per heavy atom. The van der Waals surface area contributed by atoms with E-state index in [1.807, 2.05) is 36.3 Å². The van der Waals surface area contributed by atoms with Crippen molar-refractivity contribution in [2.45, 2.75) is 13.0 Å². The minimum absolute atomic E-state index is 0.444. The first-order valence-electron chi connectivity index (χ1n) is 8.72. The van der Waals surface area contributed by atoms with Crippen molar-refractivity contribution in [1.82, 2.24) is 35.2 Å². The van der Waals surface area contributed by atoms with Gasteiger partial charge in [0.05, 0.1) is 23.0 Å². The van der Waals surface area contributed by atoms with Crippen molar-refractivity contribution in [2.24, 2.45) is 0 Å². The molecule has 4 N–H and O–H groups in total. The SMILES string of the molecule is CNc1nc2ccc(Cn3cc(Cc4cc(N)nc5[nH]nnc45)cn3)cc2s1. The molecular weight excluding hydrogens is 374 g/mol. The first-order chi connectivity index (χ1) is 13.7. The second-order valence-corrected chi connectivity index (χ2v) is 7.54. The van der Waals surface area contributed by atoms with Gasteiger partial charge in [-0.2, -0.15) is 5.10 Å². The van der Waals surface area contributed by atoms with Crippen LogP contribution in [0.25, 0.3) is 21.4 Å². The monoisotopic (exact) mass is 391 g/mol. The summed E-state index contributed by atoms with van der Waals surface area (Å²) in [5.74, 6) is 0.444. The Morgan fingerprint density at radius 2 is 2.14 bits per heavy atom. The van der Waals surface area contributed by atoms with E-state index in [1.165, 1.54) is 5.56 Å². The number of nitrogens with zero attached hydrogens (tertiary/aromatic N) is 6. The van der Waals surface area contributed by atoms with E-state index in [1.54, 1.807) is 11.3 Å². The molecular formula is C18H17N9S. The van der Waals surface area contributed by atoms with Gasteiger partial charge in [-0.15, -0.1) is 5.10 Å². The van der Waals surface area contributed by atoms with Crippen LogP contribution < -0.4 is 11.1 Å². The van der Waals surface area contributed by atoms with Crippen LogP contribution in [-0.4, -0.2) is 42.2 Å². The Bertz CT molecular complexity index is 1280. The van der Waals surface area contributed by atoms with Crippen LogP contribution in [0.3, 0.4) is 0 Å².